The molecule has 0 aliphatic rings. The number of thiazole rings is 1. The van der Waals surface area contributed by atoms with Crippen molar-refractivity contribution in [2.45, 2.75) is 33.1 Å². The minimum absolute atomic E-state index is 0.0759. The largest absolute Gasteiger partial charge is 0.464 e. The lowest BCUT2D eigenvalue weighted by Crippen LogP contribution is -2.25. The van der Waals surface area contributed by atoms with Crippen molar-refractivity contribution >= 4 is 34.3 Å². The summed E-state index contributed by atoms with van der Waals surface area (Å²) in [6.45, 7) is 4.85. The number of nitrogens with zero attached hydrogens (tertiary/aromatic N) is 2. The molecule has 1 aromatic heterocycles. The summed E-state index contributed by atoms with van der Waals surface area (Å²) < 4.78 is 10.2. The van der Waals surface area contributed by atoms with Crippen molar-refractivity contribution in [2.75, 3.05) is 26.4 Å². The Morgan fingerprint density at radius 2 is 2.04 bits per heavy atom. The number of aromatic nitrogens is 1. The molecule has 0 fully saturated rings. The van der Waals surface area contributed by atoms with Crippen LogP contribution < -0.4 is 16.8 Å². The lowest BCUT2D eigenvalue weighted by atomic mass is 10.3. The molecule has 1 amide bonds. The fraction of sp³-hybridized carbons (Fsp3) is 0.600. The van der Waals surface area contributed by atoms with Gasteiger partial charge in [-0.3, -0.25) is 4.79 Å². The number of aliphatic imine (C=N–C) groups is 1. The molecule has 140 valence electrons. The molecule has 0 unspecified atom stereocenters. The normalized spacial score (nSPS) is 10.3. The molecule has 1 aromatic rings. The molecule has 0 saturated heterocycles. The molecule has 9 nitrogen and oxygen atoms in total. The van der Waals surface area contributed by atoms with Crippen LogP contribution >= 0.6 is 11.3 Å². The number of rotatable bonds is 11. The van der Waals surface area contributed by atoms with Gasteiger partial charge in [-0.05, 0) is 19.8 Å². The first-order chi connectivity index (χ1) is 11.9. The highest BCUT2D eigenvalue weighted by atomic mass is 32.1. The van der Waals surface area contributed by atoms with Crippen LogP contribution in [0.15, 0.2) is 4.99 Å². The van der Waals surface area contributed by atoms with Gasteiger partial charge < -0.3 is 26.3 Å². The number of hydrogen-bond acceptors (Lipinski definition) is 7. The second-order valence-corrected chi connectivity index (χ2v) is 6.16. The van der Waals surface area contributed by atoms with Crippen LogP contribution in [0.5, 0.6) is 0 Å². The first kappa shape index (κ1) is 20.8. The summed E-state index contributed by atoms with van der Waals surface area (Å²) >= 11 is 1.11. The monoisotopic (exact) mass is 371 g/mol. The summed E-state index contributed by atoms with van der Waals surface area (Å²) in [4.78, 5) is 31.8. The first-order valence-corrected chi connectivity index (χ1v) is 8.84. The van der Waals surface area contributed by atoms with Gasteiger partial charge in [0, 0.05) is 13.2 Å². The highest BCUT2D eigenvalue weighted by Crippen LogP contribution is 2.24. The zero-order valence-corrected chi connectivity index (χ0v) is 15.4. The summed E-state index contributed by atoms with van der Waals surface area (Å²) in [5.41, 5.74) is 11.1. The Kier molecular flexibility index (Phi) is 9.48. The maximum Gasteiger partial charge on any atom is 0.332 e. The van der Waals surface area contributed by atoms with Gasteiger partial charge in [-0.1, -0.05) is 24.7 Å². The molecular formula is C15H25N5O4S. The standard InChI is InChI=1S/C15H25N5O4S/c1-3-4-8-24-11(21)9-23-7-5-6-18-13(22)12-10(2)19-15(25-12)20-14(16)17/h3-9H2,1-2H3,(H,18,22)(H4,16,17,19,20). The fourth-order valence-electron chi connectivity index (χ4n) is 1.74. The van der Waals surface area contributed by atoms with E-state index in [-0.39, 0.29) is 24.4 Å². The van der Waals surface area contributed by atoms with Crippen molar-refractivity contribution in [1.29, 1.82) is 0 Å². The van der Waals surface area contributed by atoms with Gasteiger partial charge in [-0.25, -0.2) is 9.78 Å². The number of carbonyl (C=O) groups excluding carboxylic acids is 2. The van der Waals surface area contributed by atoms with E-state index in [0.717, 1.165) is 24.2 Å². The Bertz CT molecular complexity index is 599. The van der Waals surface area contributed by atoms with Crippen LogP contribution in [-0.2, 0) is 14.3 Å². The number of amides is 1. The third kappa shape index (κ3) is 8.45. The van der Waals surface area contributed by atoms with Gasteiger partial charge in [0.15, 0.2) is 5.96 Å². The van der Waals surface area contributed by atoms with E-state index in [2.05, 4.69) is 15.3 Å². The summed E-state index contributed by atoms with van der Waals surface area (Å²) in [7, 11) is 0. The number of nitrogens with two attached hydrogens (primary N) is 2. The van der Waals surface area contributed by atoms with E-state index < -0.39 is 0 Å². The molecule has 0 saturated carbocycles. The topological polar surface area (TPSA) is 142 Å². The molecule has 0 aromatic carbocycles. The van der Waals surface area contributed by atoms with Gasteiger partial charge >= 0.3 is 5.97 Å². The number of nitrogens with one attached hydrogen (secondary N) is 1. The van der Waals surface area contributed by atoms with Gasteiger partial charge in [0.25, 0.3) is 5.91 Å². The summed E-state index contributed by atoms with van der Waals surface area (Å²) in [6, 6.07) is 0. The molecule has 0 aliphatic heterocycles. The van der Waals surface area contributed by atoms with E-state index in [4.69, 9.17) is 20.9 Å². The Morgan fingerprint density at radius 3 is 2.72 bits per heavy atom. The van der Waals surface area contributed by atoms with Crippen molar-refractivity contribution in [3.63, 3.8) is 0 Å². The fourth-order valence-corrected chi connectivity index (χ4v) is 2.61. The SMILES string of the molecule is CCCCOC(=O)COCCCNC(=O)c1sc(N=C(N)N)nc1C. The van der Waals surface area contributed by atoms with Gasteiger partial charge in [-0.2, -0.15) is 4.99 Å². The summed E-state index contributed by atoms with van der Waals surface area (Å²) in [5.74, 6) is -0.720. The predicted octanol–water partition coefficient (Wildman–Crippen LogP) is 0.836. The molecule has 1 rings (SSSR count). The van der Waals surface area contributed by atoms with E-state index in [1.807, 2.05) is 6.92 Å². The molecule has 0 bridgehead atoms. The minimum Gasteiger partial charge on any atom is -0.464 e. The van der Waals surface area contributed by atoms with Gasteiger partial charge in [0.05, 0.1) is 12.3 Å². The van der Waals surface area contributed by atoms with Gasteiger partial charge in [-0.15, -0.1) is 0 Å². The van der Waals surface area contributed by atoms with Crippen LogP contribution in [0.4, 0.5) is 5.13 Å². The Labute approximate surface area is 150 Å². The van der Waals surface area contributed by atoms with Crippen molar-refractivity contribution in [3.8, 4) is 0 Å². The number of hydrogen-bond donors (Lipinski definition) is 3. The number of unbranched alkanes of at least 4 members (excludes halogenated alkanes) is 1. The van der Waals surface area contributed by atoms with Crippen molar-refractivity contribution in [2.24, 2.45) is 16.5 Å². The third-order valence-electron chi connectivity index (χ3n) is 2.95. The van der Waals surface area contributed by atoms with E-state index in [9.17, 15) is 9.59 Å². The highest BCUT2D eigenvalue weighted by Gasteiger charge is 2.14. The maximum atomic E-state index is 12.1. The third-order valence-corrected chi connectivity index (χ3v) is 4.00. The van der Waals surface area contributed by atoms with Gasteiger partial charge in [0.1, 0.15) is 11.5 Å². The maximum absolute atomic E-state index is 12.1. The predicted molar refractivity (Wildman–Crippen MR) is 96.0 cm³/mol. The molecule has 0 aliphatic carbocycles. The Morgan fingerprint density at radius 1 is 1.28 bits per heavy atom. The lowest BCUT2D eigenvalue weighted by molar-refractivity contribution is -0.149. The average Bonchev–Trinajstić information content (AvgIpc) is 2.90. The van der Waals surface area contributed by atoms with Crippen molar-refractivity contribution in [1.82, 2.24) is 10.3 Å². The Hall–Kier alpha value is -2.20. The zero-order chi connectivity index (χ0) is 18.7. The molecular weight excluding hydrogens is 346 g/mol. The lowest BCUT2D eigenvalue weighted by Gasteiger charge is -2.06. The molecule has 1 heterocycles. The summed E-state index contributed by atoms with van der Waals surface area (Å²) in [5, 5.41) is 3.10. The van der Waals surface area contributed by atoms with Gasteiger partial charge in [0.2, 0.25) is 5.13 Å². The molecule has 0 spiro atoms. The highest BCUT2D eigenvalue weighted by molar-refractivity contribution is 7.17. The minimum atomic E-state index is -0.370. The quantitative estimate of drug-likeness (QED) is 0.226. The first-order valence-electron chi connectivity index (χ1n) is 8.02. The average molecular weight is 371 g/mol. The van der Waals surface area contributed by atoms with Crippen LogP contribution in [0.3, 0.4) is 0 Å². The number of carbonyl (C=O) groups is 2. The molecule has 0 radical (unpaired) electrons. The van der Waals surface area contributed by atoms with Crippen molar-refractivity contribution in [3.05, 3.63) is 10.6 Å². The summed E-state index contributed by atoms with van der Waals surface area (Å²) in [6.07, 6.45) is 2.40. The molecule has 5 N–H and O–H groups in total. The van der Waals surface area contributed by atoms with E-state index in [1.54, 1.807) is 6.92 Å². The number of ether oxygens (including phenoxy) is 2. The van der Waals surface area contributed by atoms with Crippen molar-refractivity contribution < 1.29 is 19.1 Å². The van der Waals surface area contributed by atoms with Crippen LogP contribution in [0.25, 0.3) is 0 Å². The molecule has 0 atom stereocenters. The van der Waals surface area contributed by atoms with Crippen LogP contribution in [0, 0.1) is 6.92 Å². The number of esters is 1. The Balaban J connectivity index is 2.22. The number of guanidine groups is 1. The second-order valence-electron chi connectivity index (χ2n) is 5.18. The van der Waals surface area contributed by atoms with E-state index in [1.165, 1.54) is 0 Å². The zero-order valence-electron chi connectivity index (χ0n) is 14.5. The molecule has 25 heavy (non-hydrogen) atoms. The van der Waals surface area contributed by atoms with Crippen LogP contribution in [-0.4, -0.2) is 49.2 Å². The second kappa shape index (κ2) is 11.4. The van der Waals surface area contributed by atoms with Crippen LogP contribution in [0.2, 0.25) is 0 Å². The van der Waals surface area contributed by atoms with Crippen LogP contribution in [0.1, 0.15) is 41.6 Å². The smallest absolute Gasteiger partial charge is 0.332 e. The van der Waals surface area contributed by atoms with E-state index >= 15 is 0 Å². The van der Waals surface area contributed by atoms with E-state index in [0.29, 0.717) is 41.9 Å². The molecule has 10 heteroatoms. The number of aryl methyl sites for hydroxylation is 1.